The number of hydrogen-bond donors (Lipinski definition) is 0. The van der Waals surface area contributed by atoms with Crippen LogP contribution in [0.5, 0.6) is 0 Å². The number of rotatable bonds is 3. The average Bonchev–Trinajstić information content (AvgIpc) is 2.15. The van der Waals surface area contributed by atoms with E-state index in [4.69, 9.17) is 4.74 Å². The first kappa shape index (κ1) is 13.5. The van der Waals surface area contributed by atoms with E-state index in [1.807, 2.05) is 20.8 Å². The number of ether oxygens (including phenoxy) is 1. The molecule has 0 aliphatic heterocycles. The molecule has 2 atom stereocenters. The Kier molecular flexibility index (Phi) is 4.82. The fourth-order valence-electron chi connectivity index (χ4n) is 2.58. The van der Waals surface area contributed by atoms with Crippen molar-refractivity contribution < 1.29 is 9.53 Å². The normalized spacial score (nSPS) is 26.5. The molecule has 0 spiro atoms. The van der Waals surface area contributed by atoms with Crippen LogP contribution in [0.15, 0.2) is 0 Å². The first-order chi connectivity index (χ1) is 7.40. The molecular weight excluding hydrogens is 200 g/mol. The third-order valence-electron chi connectivity index (χ3n) is 3.34. The number of carbonyl (C=O) groups excluding carboxylic acids is 1. The highest BCUT2D eigenvalue weighted by molar-refractivity contribution is 5.70. The zero-order valence-corrected chi connectivity index (χ0v) is 11.2. The van der Waals surface area contributed by atoms with Gasteiger partial charge in [-0.15, -0.1) is 0 Å². The van der Waals surface area contributed by atoms with Crippen molar-refractivity contribution in [2.24, 2.45) is 11.8 Å². The van der Waals surface area contributed by atoms with Crippen LogP contribution in [0.25, 0.3) is 0 Å². The van der Waals surface area contributed by atoms with Crippen LogP contribution < -0.4 is 0 Å². The summed E-state index contributed by atoms with van der Waals surface area (Å²) in [6, 6.07) is 0. The van der Waals surface area contributed by atoms with Crippen LogP contribution in [-0.2, 0) is 9.53 Å². The van der Waals surface area contributed by atoms with E-state index in [0.717, 1.165) is 5.92 Å². The van der Waals surface area contributed by atoms with Crippen molar-refractivity contribution in [3.63, 3.8) is 0 Å². The van der Waals surface area contributed by atoms with Gasteiger partial charge in [-0.25, -0.2) is 0 Å². The molecule has 0 N–H and O–H groups in total. The Labute approximate surface area is 99.8 Å². The average molecular weight is 226 g/mol. The molecule has 2 nitrogen and oxygen atoms in total. The molecule has 0 radical (unpaired) electrons. The second-order valence-corrected chi connectivity index (χ2v) is 6.10. The van der Waals surface area contributed by atoms with E-state index in [0.29, 0.717) is 12.3 Å². The maximum Gasteiger partial charge on any atom is 0.306 e. The van der Waals surface area contributed by atoms with Gasteiger partial charge in [0.2, 0.25) is 0 Å². The Bertz CT molecular complexity index is 227. The third-order valence-corrected chi connectivity index (χ3v) is 3.34. The molecule has 1 fully saturated rings. The maximum atomic E-state index is 11.7. The summed E-state index contributed by atoms with van der Waals surface area (Å²) >= 11 is 0. The SMILES string of the molecule is CCC1CCCC(CC(=O)OC(C)(C)C)C1. The van der Waals surface area contributed by atoms with Gasteiger partial charge < -0.3 is 4.74 Å². The monoisotopic (exact) mass is 226 g/mol. The molecule has 1 rings (SSSR count). The molecule has 2 heteroatoms. The minimum Gasteiger partial charge on any atom is -0.460 e. The molecule has 2 unspecified atom stereocenters. The lowest BCUT2D eigenvalue weighted by molar-refractivity contribution is -0.156. The van der Waals surface area contributed by atoms with Gasteiger partial charge in [0.25, 0.3) is 0 Å². The lowest BCUT2D eigenvalue weighted by Gasteiger charge is -2.29. The molecule has 0 bridgehead atoms. The predicted octanol–water partition coefficient (Wildman–Crippen LogP) is 3.93. The van der Waals surface area contributed by atoms with Gasteiger partial charge in [0.1, 0.15) is 5.60 Å². The lowest BCUT2D eigenvalue weighted by atomic mass is 9.79. The topological polar surface area (TPSA) is 26.3 Å². The van der Waals surface area contributed by atoms with Crippen LogP contribution in [0, 0.1) is 11.8 Å². The van der Waals surface area contributed by atoms with Gasteiger partial charge in [0, 0.05) is 6.42 Å². The zero-order valence-electron chi connectivity index (χ0n) is 11.2. The first-order valence-corrected chi connectivity index (χ1v) is 6.62. The molecule has 0 aromatic heterocycles. The Morgan fingerprint density at radius 1 is 1.25 bits per heavy atom. The van der Waals surface area contributed by atoms with Crippen LogP contribution >= 0.6 is 0 Å². The molecule has 1 saturated carbocycles. The molecule has 0 aromatic rings. The van der Waals surface area contributed by atoms with Crippen molar-refractivity contribution in [3.8, 4) is 0 Å². The Balaban J connectivity index is 2.33. The Morgan fingerprint density at radius 3 is 2.44 bits per heavy atom. The summed E-state index contributed by atoms with van der Waals surface area (Å²) in [5, 5.41) is 0. The smallest absolute Gasteiger partial charge is 0.306 e. The number of esters is 1. The van der Waals surface area contributed by atoms with Crippen molar-refractivity contribution in [2.75, 3.05) is 0 Å². The molecule has 0 saturated heterocycles. The standard InChI is InChI=1S/C14H26O2/c1-5-11-7-6-8-12(9-11)10-13(15)16-14(2,3)4/h11-12H,5-10H2,1-4H3. The summed E-state index contributed by atoms with van der Waals surface area (Å²) in [4.78, 5) is 11.7. The third kappa shape index (κ3) is 5.00. The summed E-state index contributed by atoms with van der Waals surface area (Å²) in [6.07, 6.45) is 6.93. The second kappa shape index (κ2) is 5.70. The van der Waals surface area contributed by atoms with E-state index in [1.54, 1.807) is 0 Å². The highest BCUT2D eigenvalue weighted by atomic mass is 16.6. The quantitative estimate of drug-likeness (QED) is 0.681. The molecular formula is C14H26O2. The number of carbonyl (C=O) groups is 1. The summed E-state index contributed by atoms with van der Waals surface area (Å²) < 4.78 is 5.37. The van der Waals surface area contributed by atoms with Gasteiger partial charge in [0.15, 0.2) is 0 Å². The molecule has 0 amide bonds. The van der Waals surface area contributed by atoms with E-state index >= 15 is 0 Å². The zero-order chi connectivity index (χ0) is 12.2. The van der Waals surface area contributed by atoms with Gasteiger partial charge >= 0.3 is 5.97 Å². The lowest BCUT2D eigenvalue weighted by Crippen LogP contribution is -2.26. The molecule has 1 aliphatic rings. The molecule has 16 heavy (non-hydrogen) atoms. The van der Waals surface area contributed by atoms with Crippen molar-refractivity contribution in [1.82, 2.24) is 0 Å². The van der Waals surface area contributed by atoms with Crippen LogP contribution in [-0.4, -0.2) is 11.6 Å². The van der Waals surface area contributed by atoms with Crippen molar-refractivity contribution in [3.05, 3.63) is 0 Å². The van der Waals surface area contributed by atoms with Crippen molar-refractivity contribution >= 4 is 5.97 Å². The van der Waals surface area contributed by atoms with E-state index in [-0.39, 0.29) is 11.6 Å². The summed E-state index contributed by atoms with van der Waals surface area (Å²) in [5.74, 6) is 1.38. The number of hydrogen-bond acceptors (Lipinski definition) is 2. The second-order valence-electron chi connectivity index (χ2n) is 6.10. The Hall–Kier alpha value is -0.530. The highest BCUT2D eigenvalue weighted by Gasteiger charge is 2.25. The van der Waals surface area contributed by atoms with Gasteiger partial charge in [-0.05, 0) is 45.4 Å². The van der Waals surface area contributed by atoms with E-state index in [2.05, 4.69) is 6.92 Å². The van der Waals surface area contributed by atoms with E-state index < -0.39 is 0 Å². The van der Waals surface area contributed by atoms with Gasteiger partial charge in [0.05, 0.1) is 0 Å². The van der Waals surface area contributed by atoms with Crippen molar-refractivity contribution in [1.29, 1.82) is 0 Å². The first-order valence-electron chi connectivity index (χ1n) is 6.62. The summed E-state index contributed by atoms with van der Waals surface area (Å²) in [7, 11) is 0. The van der Waals surface area contributed by atoms with E-state index in [9.17, 15) is 4.79 Å². The van der Waals surface area contributed by atoms with Crippen LogP contribution in [0.4, 0.5) is 0 Å². The van der Waals surface area contributed by atoms with Crippen LogP contribution in [0.2, 0.25) is 0 Å². The molecule has 0 heterocycles. The van der Waals surface area contributed by atoms with Gasteiger partial charge in [-0.2, -0.15) is 0 Å². The van der Waals surface area contributed by atoms with E-state index in [1.165, 1.54) is 32.1 Å². The highest BCUT2D eigenvalue weighted by Crippen LogP contribution is 2.33. The predicted molar refractivity (Wildman–Crippen MR) is 66.2 cm³/mol. The van der Waals surface area contributed by atoms with Gasteiger partial charge in [-0.3, -0.25) is 4.79 Å². The Morgan fingerprint density at radius 2 is 1.88 bits per heavy atom. The summed E-state index contributed by atoms with van der Waals surface area (Å²) in [5.41, 5.74) is -0.337. The maximum absolute atomic E-state index is 11.7. The minimum atomic E-state index is -0.337. The summed E-state index contributed by atoms with van der Waals surface area (Å²) in [6.45, 7) is 8.04. The van der Waals surface area contributed by atoms with Crippen molar-refractivity contribution in [2.45, 2.75) is 71.8 Å². The molecule has 0 aromatic carbocycles. The minimum absolute atomic E-state index is 0.0192. The fraction of sp³-hybridized carbons (Fsp3) is 0.929. The van der Waals surface area contributed by atoms with Crippen LogP contribution in [0.1, 0.15) is 66.2 Å². The largest absolute Gasteiger partial charge is 0.460 e. The van der Waals surface area contributed by atoms with Crippen LogP contribution in [0.3, 0.4) is 0 Å². The molecule has 94 valence electrons. The fourth-order valence-corrected chi connectivity index (χ4v) is 2.58. The van der Waals surface area contributed by atoms with Gasteiger partial charge in [-0.1, -0.05) is 26.2 Å². The molecule has 1 aliphatic carbocycles.